The summed E-state index contributed by atoms with van der Waals surface area (Å²) < 4.78 is 39.2. The predicted molar refractivity (Wildman–Crippen MR) is 105 cm³/mol. The molecule has 1 N–H and O–H groups in total. The van der Waals surface area contributed by atoms with Gasteiger partial charge in [-0.25, -0.2) is 9.98 Å². The lowest BCUT2D eigenvalue weighted by atomic mass is 10.2. The van der Waals surface area contributed by atoms with Gasteiger partial charge in [0, 0.05) is 20.1 Å². The second-order valence-corrected chi connectivity index (χ2v) is 7.36. The van der Waals surface area contributed by atoms with E-state index >= 15 is 0 Å². The van der Waals surface area contributed by atoms with Gasteiger partial charge in [0.25, 0.3) is 11.9 Å². The zero-order valence-corrected chi connectivity index (χ0v) is 17.0. The van der Waals surface area contributed by atoms with Crippen LogP contribution in [0, 0.1) is 5.92 Å². The Labute approximate surface area is 171 Å². The van der Waals surface area contributed by atoms with Gasteiger partial charge in [0.2, 0.25) is 5.95 Å². The number of halogens is 3. The van der Waals surface area contributed by atoms with Crippen molar-refractivity contribution in [3.63, 3.8) is 0 Å². The van der Waals surface area contributed by atoms with E-state index in [1.54, 1.807) is 14.1 Å². The summed E-state index contributed by atoms with van der Waals surface area (Å²) in [6.07, 6.45) is -2.42. The van der Waals surface area contributed by atoms with Gasteiger partial charge in [-0.05, 0) is 44.7 Å². The molecule has 0 spiro atoms. The first kappa shape index (κ1) is 21.6. The standard InChI is InChI=1S/C19H22F3N7O/c1-10(12-8-9-12)23-17-26-15(13-6-5-7-14(25-13)19(20,21)22)27-18(28-17)24-11(2)16(30)29(3)4/h5-7,10,12H,8-9H2,1-4H3,(H,23,26,27,28)/t10-/m1/s1. The van der Waals surface area contributed by atoms with Crippen molar-refractivity contribution in [1.29, 1.82) is 0 Å². The Hall–Kier alpha value is -3.11. The van der Waals surface area contributed by atoms with Crippen molar-refractivity contribution in [2.75, 3.05) is 19.4 Å². The molecule has 11 heteroatoms. The molecule has 2 aromatic heterocycles. The molecule has 2 heterocycles. The molecule has 0 aliphatic heterocycles. The molecule has 2 aromatic rings. The maximum absolute atomic E-state index is 13.1. The number of carbonyl (C=O) groups excluding carboxylic acids is 1. The number of rotatable bonds is 6. The van der Waals surface area contributed by atoms with E-state index in [1.807, 2.05) is 6.92 Å². The van der Waals surface area contributed by atoms with Crippen LogP contribution in [-0.4, -0.2) is 56.6 Å². The number of alkyl halides is 3. The van der Waals surface area contributed by atoms with Crippen LogP contribution in [0.5, 0.6) is 0 Å². The molecule has 30 heavy (non-hydrogen) atoms. The fourth-order valence-corrected chi connectivity index (χ4v) is 2.75. The number of aromatic nitrogens is 4. The molecule has 1 fully saturated rings. The van der Waals surface area contributed by atoms with Crippen LogP contribution < -0.4 is 5.32 Å². The molecule has 0 unspecified atom stereocenters. The molecule has 1 aliphatic carbocycles. The van der Waals surface area contributed by atoms with Crippen LogP contribution in [0.15, 0.2) is 23.2 Å². The van der Waals surface area contributed by atoms with Gasteiger partial charge >= 0.3 is 6.18 Å². The van der Waals surface area contributed by atoms with Crippen LogP contribution in [0.1, 0.15) is 32.4 Å². The van der Waals surface area contributed by atoms with E-state index in [0.29, 0.717) is 5.92 Å². The summed E-state index contributed by atoms with van der Waals surface area (Å²) in [6.45, 7) is 3.49. The lowest BCUT2D eigenvalue weighted by molar-refractivity contribution is -0.141. The first-order chi connectivity index (χ1) is 14.0. The lowest BCUT2D eigenvalue weighted by Gasteiger charge is -2.14. The normalized spacial score (nSPS) is 15.6. The zero-order chi connectivity index (χ0) is 22.1. The number of aliphatic imine (C=N–C) groups is 1. The highest BCUT2D eigenvalue weighted by Gasteiger charge is 2.33. The summed E-state index contributed by atoms with van der Waals surface area (Å²) >= 11 is 0. The third-order valence-electron chi connectivity index (χ3n) is 4.56. The highest BCUT2D eigenvalue weighted by Crippen LogP contribution is 2.34. The van der Waals surface area contributed by atoms with Crippen molar-refractivity contribution in [2.24, 2.45) is 10.9 Å². The van der Waals surface area contributed by atoms with E-state index in [1.165, 1.54) is 24.0 Å². The van der Waals surface area contributed by atoms with Gasteiger partial charge in [-0.2, -0.15) is 28.1 Å². The van der Waals surface area contributed by atoms with Crippen molar-refractivity contribution >= 4 is 23.5 Å². The Balaban J connectivity index is 2.03. The largest absolute Gasteiger partial charge is 0.433 e. The maximum Gasteiger partial charge on any atom is 0.433 e. The van der Waals surface area contributed by atoms with E-state index in [0.717, 1.165) is 18.9 Å². The SMILES string of the molecule is CC(=Nc1nc(N[C@H](C)C2CC2)nc(-c2cccc(C(F)(F)F)n2)n1)C(=O)N(C)C. The maximum atomic E-state index is 13.1. The summed E-state index contributed by atoms with van der Waals surface area (Å²) in [6, 6.07) is 3.57. The Kier molecular flexibility index (Phi) is 5.99. The quantitative estimate of drug-likeness (QED) is 0.719. The molecule has 1 amide bonds. The molecule has 3 rings (SSSR count). The molecular formula is C19H22F3N7O. The molecule has 8 nitrogen and oxygen atoms in total. The summed E-state index contributed by atoms with van der Waals surface area (Å²) in [5, 5.41) is 3.15. The van der Waals surface area contributed by atoms with Crippen LogP contribution in [0.3, 0.4) is 0 Å². The van der Waals surface area contributed by atoms with Gasteiger partial charge < -0.3 is 10.2 Å². The Bertz CT molecular complexity index is 971. The van der Waals surface area contributed by atoms with E-state index < -0.39 is 11.9 Å². The molecule has 1 aliphatic rings. The molecule has 0 radical (unpaired) electrons. The van der Waals surface area contributed by atoms with E-state index in [-0.39, 0.29) is 41.1 Å². The second-order valence-electron chi connectivity index (χ2n) is 7.36. The van der Waals surface area contributed by atoms with E-state index in [9.17, 15) is 18.0 Å². The number of nitrogens with one attached hydrogen (secondary N) is 1. The second kappa shape index (κ2) is 8.33. The molecule has 1 saturated carbocycles. The summed E-state index contributed by atoms with van der Waals surface area (Å²) in [4.78, 5) is 33.8. The number of anilines is 1. The fraction of sp³-hybridized carbons (Fsp3) is 0.474. The lowest BCUT2D eigenvalue weighted by Crippen LogP contribution is -2.28. The van der Waals surface area contributed by atoms with Gasteiger partial charge in [-0.1, -0.05) is 6.07 Å². The molecule has 1 atom stereocenters. The van der Waals surface area contributed by atoms with Crippen LogP contribution in [-0.2, 0) is 11.0 Å². The molecule has 0 saturated heterocycles. The topological polar surface area (TPSA) is 96.3 Å². The fourth-order valence-electron chi connectivity index (χ4n) is 2.75. The minimum Gasteiger partial charge on any atom is -0.351 e. The molecule has 0 bridgehead atoms. The summed E-state index contributed by atoms with van der Waals surface area (Å²) in [7, 11) is 3.16. The van der Waals surface area contributed by atoms with E-state index in [4.69, 9.17) is 0 Å². The van der Waals surface area contributed by atoms with Crippen LogP contribution >= 0.6 is 0 Å². The molecular weight excluding hydrogens is 399 g/mol. The first-order valence-electron chi connectivity index (χ1n) is 9.39. The monoisotopic (exact) mass is 421 g/mol. The van der Waals surface area contributed by atoms with Crippen molar-refractivity contribution in [3.8, 4) is 11.5 Å². The predicted octanol–water partition coefficient (Wildman–Crippen LogP) is 3.34. The molecule has 0 aromatic carbocycles. The van der Waals surface area contributed by atoms with Gasteiger partial charge in [0.05, 0.1) is 0 Å². The Morgan fingerprint density at radius 1 is 1.20 bits per heavy atom. The average molecular weight is 421 g/mol. The number of amides is 1. The van der Waals surface area contributed by atoms with E-state index in [2.05, 4.69) is 30.2 Å². The first-order valence-corrected chi connectivity index (χ1v) is 9.39. The average Bonchev–Trinajstić information content (AvgIpc) is 3.52. The third-order valence-corrected chi connectivity index (χ3v) is 4.56. The van der Waals surface area contributed by atoms with Crippen LogP contribution in [0.25, 0.3) is 11.5 Å². The van der Waals surface area contributed by atoms with Gasteiger partial charge in [-0.3, -0.25) is 4.79 Å². The minimum absolute atomic E-state index is 0.0644. The van der Waals surface area contributed by atoms with Crippen molar-refractivity contribution in [1.82, 2.24) is 24.8 Å². The molecule has 160 valence electrons. The number of pyridine rings is 1. The Morgan fingerprint density at radius 2 is 1.90 bits per heavy atom. The summed E-state index contributed by atoms with van der Waals surface area (Å²) in [5.41, 5.74) is -0.983. The third kappa shape index (κ3) is 5.28. The number of hydrogen-bond donors (Lipinski definition) is 1. The van der Waals surface area contributed by atoms with Gasteiger partial charge in [-0.15, -0.1) is 0 Å². The summed E-state index contributed by atoms with van der Waals surface area (Å²) in [5.74, 6) is 0.168. The van der Waals surface area contributed by atoms with Crippen LogP contribution in [0.2, 0.25) is 0 Å². The smallest absolute Gasteiger partial charge is 0.351 e. The number of carbonyl (C=O) groups is 1. The zero-order valence-electron chi connectivity index (χ0n) is 17.0. The van der Waals surface area contributed by atoms with Gasteiger partial charge in [0.1, 0.15) is 17.1 Å². The van der Waals surface area contributed by atoms with Crippen molar-refractivity contribution in [2.45, 2.75) is 38.9 Å². The van der Waals surface area contributed by atoms with Crippen molar-refractivity contribution < 1.29 is 18.0 Å². The highest BCUT2D eigenvalue weighted by molar-refractivity contribution is 6.38. The number of nitrogens with zero attached hydrogens (tertiary/aromatic N) is 6. The van der Waals surface area contributed by atoms with Crippen LogP contribution in [0.4, 0.5) is 25.1 Å². The number of hydrogen-bond acceptors (Lipinski definition) is 7. The Morgan fingerprint density at radius 3 is 2.50 bits per heavy atom. The van der Waals surface area contributed by atoms with Gasteiger partial charge in [0.15, 0.2) is 5.82 Å². The minimum atomic E-state index is -4.60. The van der Waals surface area contributed by atoms with Crippen molar-refractivity contribution in [3.05, 3.63) is 23.9 Å². The highest BCUT2D eigenvalue weighted by atomic mass is 19.4.